The van der Waals surface area contributed by atoms with Crippen LogP contribution < -0.4 is 0 Å². The first-order chi connectivity index (χ1) is 12.2. The maximum atomic E-state index is 12.3. The number of hydrogen-bond acceptors (Lipinski definition) is 10. The second kappa shape index (κ2) is 6.71. The fourth-order valence-electron chi connectivity index (χ4n) is 3.94. The van der Waals surface area contributed by atoms with E-state index in [-0.39, 0.29) is 12.8 Å². The molecular formula is C15H22O10S. The van der Waals surface area contributed by atoms with E-state index in [0.717, 1.165) is 6.42 Å². The van der Waals surface area contributed by atoms with Crippen LogP contribution in [0.4, 0.5) is 0 Å². The van der Waals surface area contributed by atoms with E-state index in [2.05, 4.69) is 0 Å². The normalized spacial score (nSPS) is 39.1. The Hall–Kier alpha value is -1.27. The third-order valence-electron chi connectivity index (χ3n) is 5.16. The lowest BCUT2D eigenvalue weighted by Crippen LogP contribution is -2.56. The van der Waals surface area contributed by atoms with Crippen LogP contribution in [-0.2, 0) is 38.1 Å². The van der Waals surface area contributed by atoms with Crippen molar-refractivity contribution in [1.82, 2.24) is 0 Å². The summed E-state index contributed by atoms with van der Waals surface area (Å²) in [5.74, 6) is -1.52. The lowest BCUT2D eigenvalue weighted by Gasteiger charge is -2.32. The molecule has 10 nitrogen and oxygen atoms in total. The lowest BCUT2D eigenvalue weighted by molar-refractivity contribution is -0.171. The summed E-state index contributed by atoms with van der Waals surface area (Å²) in [5, 5.41) is 18.0. The van der Waals surface area contributed by atoms with Gasteiger partial charge in [-0.15, -0.1) is 0 Å². The number of aliphatic hydroxyl groups excluding tert-OH is 2. The summed E-state index contributed by atoms with van der Waals surface area (Å²) in [7, 11) is -4.17. The van der Waals surface area contributed by atoms with E-state index in [1.807, 2.05) is 6.92 Å². The predicted octanol–water partition coefficient (Wildman–Crippen LogP) is -1.38. The van der Waals surface area contributed by atoms with E-state index >= 15 is 0 Å². The number of hydrogen-bond donors (Lipinski definition) is 2. The molecule has 2 N–H and O–H groups in total. The van der Waals surface area contributed by atoms with Crippen LogP contribution >= 0.6 is 0 Å². The van der Waals surface area contributed by atoms with Gasteiger partial charge in [-0.1, -0.05) is 13.3 Å². The van der Waals surface area contributed by atoms with Crippen LogP contribution in [0.15, 0.2) is 0 Å². The number of ether oxygens (including phenoxy) is 3. The number of rotatable bonds is 8. The molecule has 3 aliphatic rings. The standard InChI is InChI=1S/C15H22O10S/c1-2-3-4-10(18)22-6-11(19)23-12-13-15(8-17)9(24-26(13,20)21)5-14(12,7-16)25-15/h9,12-13,16-17H,2-8H2,1H3. The number of esters is 2. The zero-order valence-electron chi connectivity index (χ0n) is 14.3. The molecule has 0 aliphatic carbocycles. The van der Waals surface area contributed by atoms with Gasteiger partial charge in [-0.05, 0) is 6.42 Å². The minimum Gasteiger partial charge on any atom is -0.455 e. The Morgan fingerprint density at radius 1 is 1.23 bits per heavy atom. The highest BCUT2D eigenvalue weighted by atomic mass is 32.2. The fourth-order valence-corrected chi connectivity index (χ4v) is 5.99. The summed E-state index contributed by atoms with van der Waals surface area (Å²) in [6.45, 7) is -0.0542. The molecule has 148 valence electrons. The number of unbranched alkanes of at least 4 members (excludes halogenated alkanes) is 1. The van der Waals surface area contributed by atoms with Crippen LogP contribution in [0.2, 0.25) is 0 Å². The molecule has 0 amide bonds. The van der Waals surface area contributed by atoms with E-state index in [4.69, 9.17) is 18.4 Å². The second-order valence-electron chi connectivity index (χ2n) is 6.82. The van der Waals surface area contributed by atoms with Gasteiger partial charge in [-0.25, -0.2) is 4.79 Å². The topological polar surface area (TPSA) is 146 Å². The van der Waals surface area contributed by atoms with Crippen molar-refractivity contribution in [1.29, 1.82) is 0 Å². The number of carbonyl (C=O) groups is 2. The Bertz CT molecular complexity index is 691. The van der Waals surface area contributed by atoms with E-state index in [1.54, 1.807) is 0 Å². The van der Waals surface area contributed by atoms with Gasteiger partial charge in [-0.3, -0.25) is 8.98 Å². The largest absolute Gasteiger partial charge is 0.455 e. The maximum Gasteiger partial charge on any atom is 0.344 e. The molecule has 5 atom stereocenters. The van der Waals surface area contributed by atoms with Crippen molar-refractivity contribution in [3.05, 3.63) is 0 Å². The third kappa shape index (κ3) is 2.82. The molecule has 0 aromatic rings. The van der Waals surface area contributed by atoms with Gasteiger partial charge in [0.2, 0.25) is 0 Å². The molecule has 3 saturated heterocycles. The molecule has 26 heavy (non-hydrogen) atoms. The van der Waals surface area contributed by atoms with Crippen LogP contribution in [0.5, 0.6) is 0 Å². The summed E-state index contributed by atoms with van der Waals surface area (Å²) in [5.41, 5.74) is -3.06. The van der Waals surface area contributed by atoms with Gasteiger partial charge in [0.1, 0.15) is 17.3 Å². The van der Waals surface area contributed by atoms with E-state index in [0.29, 0.717) is 6.42 Å². The van der Waals surface area contributed by atoms with Crippen molar-refractivity contribution in [2.75, 3.05) is 19.8 Å². The Labute approximate surface area is 150 Å². The van der Waals surface area contributed by atoms with Crippen molar-refractivity contribution in [3.8, 4) is 0 Å². The van der Waals surface area contributed by atoms with E-state index in [1.165, 1.54) is 0 Å². The van der Waals surface area contributed by atoms with Gasteiger partial charge >= 0.3 is 11.9 Å². The van der Waals surface area contributed by atoms with Crippen LogP contribution in [0.1, 0.15) is 32.6 Å². The minimum absolute atomic E-state index is 0.0476. The van der Waals surface area contributed by atoms with Crippen molar-refractivity contribution in [2.45, 2.75) is 61.3 Å². The Balaban J connectivity index is 1.73. The van der Waals surface area contributed by atoms with Gasteiger partial charge < -0.3 is 24.4 Å². The molecule has 5 unspecified atom stereocenters. The number of aliphatic hydroxyl groups is 2. The van der Waals surface area contributed by atoms with E-state index in [9.17, 15) is 28.2 Å². The van der Waals surface area contributed by atoms with Crippen LogP contribution in [0, 0.1) is 0 Å². The Kier molecular flexibility index (Phi) is 5.03. The van der Waals surface area contributed by atoms with E-state index < -0.39 is 70.5 Å². The molecule has 0 aromatic carbocycles. The Morgan fingerprint density at radius 2 is 1.96 bits per heavy atom. The SMILES string of the molecule is CCCCC(=O)OCC(=O)OC1C2C3(CO)OC1(CO)CC3OS2(=O)=O. The number of carbonyl (C=O) groups excluding carboxylic acids is 2. The summed E-state index contributed by atoms with van der Waals surface area (Å²) >= 11 is 0. The third-order valence-corrected chi connectivity index (χ3v) is 6.93. The highest BCUT2D eigenvalue weighted by Crippen LogP contribution is 2.59. The quantitative estimate of drug-likeness (QED) is 0.373. The smallest absolute Gasteiger partial charge is 0.344 e. The summed E-state index contributed by atoms with van der Waals surface area (Å²) in [6, 6.07) is 0. The lowest BCUT2D eigenvalue weighted by atomic mass is 9.78. The van der Waals surface area contributed by atoms with Gasteiger partial charge in [0.15, 0.2) is 18.0 Å². The van der Waals surface area contributed by atoms with Gasteiger partial charge in [0, 0.05) is 12.8 Å². The first kappa shape index (κ1) is 19.5. The molecule has 0 aromatic heterocycles. The summed E-state index contributed by atoms with van der Waals surface area (Å²) in [6.07, 6.45) is -0.787. The molecule has 3 heterocycles. The maximum absolute atomic E-state index is 12.3. The van der Waals surface area contributed by atoms with Crippen LogP contribution in [0.3, 0.4) is 0 Å². The first-order valence-electron chi connectivity index (χ1n) is 8.44. The fraction of sp³-hybridized carbons (Fsp3) is 0.867. The highest BCUT2D eigenvalue weighted by molar-refractivity contribution is 7.87. The summed E-state index contributed by atoms with van der Waals surface area (Å²) < 4.78 is 45.3. The average molecular weight is 394 g/mol. The second-order valence-corrected chi connectivity index (χ2v) is 8.50. The van der Waals surface area contributed by atoms with Crippen molar-refractivity contribution >= 4 is 22.1 Å². The molecule has 2 bridgehead atoms. The zero-order valence-corrected chi connectivity index (χ0v) is 15.1. The van der Waals surface area contributed by atoms with Gasteiger partial charge in [-0.2, -0.15) is 8.42 Å². The Morgan fingerprint density at radius 3 is 2.58 bits per heavy atom. The average Bonchev–Trinajstić information content (AvgIpc) is 3.11. The van der Waals surface area contributed by atoms with Gasteiger partial charge in [0.25, 0.3) is 10.1 Å². The zero-order chi connectivity index (χ0) is 19.2. The first-order valence-corrected chi connectivity index (χ1v) is 9.91. The highest BCUT2D eigenvalue weighted by Gasteiger charge is 2.81. The van der Waals surface area contributed by atoms with Crippen LogP contribution in [0.25, 0.3) is 0 Å². The molecular weight excluding hydrogens is 372 g/mol. The van der Waals surface area contributed by atoms with Crippen molar-refractivity contribution < 1.29 is 46.6 Å². The molecule has 3 aliphatic heterocycles. The molecule has 11 heteroatoms. The predicted molar refractivity (Wildman–Crippen MR) is 83.3 cm³/mol. The monoisotopic (exact) mass is 394 g/mol. The molecule has 0 saturated carbocycles. The number of fused-ring (bicyclic) bond motifs is 1. The van der Waals surface area contributed by atoms with Crippen molar-refractivity contribution in [3.63, 3.8) is 0 Å². The summed E-state index contributed by atoms with van der Waals surface area (Å²) in [4.78, 5) is 23.5. The van der Waals surface area contributed by atoms with Crippen LogP contribution in [-0.4, -0.2) is 79.1 Å². The minimum atomic E-state index is -4.17. The molecule has 0 spiro atoms. The van der Waals surface area contributed by atoms with Gasteiger partial charge in [0.05, 0.1) is 13.2 Å². The molecule has 3 rings (SSSR count). The molecule has 0 radical (unpaired) electrons. The van der Waals surface area contributed by atoms with Crippen molar-refractivity contribution in [2.24, 2.45) is 0 Å². The molecule has 3 fully saturated rings.